The highest BCUT2D eigenvalue weighted by molar-refractivity contribution is 6.35. The third kappa shape index (κ3) is 3.81. The molecule has 1 aromatic heterocycles. The summed E-state index contributed by atoms with van der Waals surface area (Å²) >= 11 is 11.8. The van der Waals surface area contributed by atoms with E-state index in [1.807, 2.05) is 24.3 Å². The summed E-state index contributed by atoms with van der Waals surface area (Å²) in [7, 11) is 0. The molecule has 4 rings (SSSR count). The zero-order valence-electron chi connectivity index (χ0n) is 14.8. The molecule has 5 nitrogen and oxygen atoms in total. The van der Waals surface area contributed by atoms with Gasteiger partial charge in [0.25, 0.3) is 5.91 Å². The van der Waals surface area contributed by atoms with Crippen LogP contribution < -0.4 is 5.32 Å². The van der Waals surface area contributed by atoms with E-state index in [0.717, 1.165) is 41.4 Å². The number of carbonyl (C=O) groups excluding carboxylic acids is 2. The van der Waals surface area contributed by atoms with E-state index < -0.39 is 18.5 Å². The first kappa shape index (κ1) is 18.7. The Morgan fingerprint density at radius 3 is 2.61 bits per heavy atom. The number of nitrogens with zero attached hydrogens (tertiary/aromatic N) is 1. The molecule has 0 atom stereocenters. The maximum atomic E-state index is 12.8. The van der Waals surface area contributed by atoms with Crippen LogP contribution in [0.15, 0.2) is 42.5 Å². The number of esters is 1. The van der Waals surface area contributed by atoms with Crippen LogP contribution in [0.1, 0.15) is 28.0 Å². The molecule has 142 valence electrons. The number of carbonyl (C=O) groups is 2. The second-order valence-electron chi connectivity index (χ2n) is 6.57. The minimum atomic E-state index is -0.518. The van der Waals surface area contributed by atoms with E-state index in [-0.39, 0.29) is 0 Å². The Labute approximate surface area is 171 Å². The van der Waals surface area contributed by atoms with E-state index in [2.05, 4.69) is 10.3 Å². The number of nitrogens with one attached hydrogen (secondary N) is 1. The SMILES string of the molecule is O=C(COC(=O)c1c2c(nc3ccccc13)CCC2)Nc1cc(Cl)cc(Cl)c1. The maximum Gasteiger partial charge on any atom is 0.339 e. The highest BCUT2D eigenvalue weighted by atomic mass is 35.5. The lowest BCUT2D eigenvalue weighted by Gasteiger charge is -2.12. The molecule has 1 amide bonds. The molecular weight excluding hydrogens is 399 g/mol. The zero-order chi connectivity index (χ0) is 19.7. The first-order chi connectivity index (χ1) is 13.5. The lowest BCUT2D eigenvalue weighted by atomic mass is 10.0. The normalized spacial score (nSPS) is 12.6. The predicted molar refractivity (Wildman–Crippen MR) is 109 cm³/mol. The molecule has 1 heterocycles. The first-order valence-corrected chi connectivity index (χ1v) is 9.60. The number of fused-ring (bicyclic) bond motifs is 2. The zero-order valence-corrected chi connectivity index (χ0v) is 16.3. The van der Waals surface area contributed by atoms with Gasteiger partial charge < -0.3 is 10.1 Å². The van der Waals surface area contributed by atoms with Crippen LogP contribution in [0, 0.1) is 0 Å². The number of pyridine rings is 1. The van der Waals surface area contributed by atoms with Crippen LogP contribution in [0.25, 0.3) is 10.9 Å². The van der Waals surface area contributed by atoms with Gasteiger partial charge in [0.1, 0.15) is 0 Å². The Morgan fingerprint density at radius 1 is 1.07 bits per heavy atom. The Kier molecular flexibility index (Phi) is 5.20. The summed E-state index contributed by atoms with van der Waals surface area (Å²) in [6.45, 7) is -0.408. The summed E-state index contributed by atoms with van der Waals surface area (Å²) in [4.78, 5) is 29.6. The molecule has 1 aliphatic rings. The topological polar surface area (TPSA) is 68.3 Å². The average molecular weight is 415 g/mol. The van der Waals surface area contributed by atoms with Gasteiger partial charge in [0.2, 0.25) is 0 Å². The smallest absolute Gasteiger partial charge is 0.339 e. The molecule has 28 heavy (non-hydrogen) atoms. The molecule has 0 aliphatic heterocycles. The number of hydrogen-bond donors (Lipinski definition) is 1. The third-order valence-corrected chi connectivity index (χ3v) is 5.04. The summed E-state index contributed by atoms with van der Waals surface area (Å²) in [6, 6.07) is 12.2. The second kappa shape index (κ2) is 7.78. The van der Waals surface area contributed by atoms with Gasteiger partial charge in [-0.15, -0.1) is 0 Å². The Hall–Kier alpha value is -2.63. The van der Waals surface area contributed by atoms with E-state index in [1.54, 1.807) is 18.2 Å². The van der Waals surface area contributed by atoms with Crippen LogP contribution in [0.5, 0.6) is 0 Å². The molecule has 0 saturated carbocycles. The van der Waals surface area contributed by atoms with E-state index in [9.17, 15) is 9.59 Å². The summed E-state index contributed by atoms with van der Waals surface area (Å²) < 4.78 is 5.31. The molecule has 0 fully saturated rings. The van der Waals surface area contributed by atoms with Gasteiger partial charge in [-0.3, -0.25) is 9.78 Å². The van der Waals surface area contributed by atoms with Crippen molar-refractivity contribution in [2.24, 2.45) is 0 Å². The predicted octanol–water partition coefficient (Wildman–Crippen LogP) is 4.83. The van der Waals surface area contributed by atoms with Crippen molar-refractivity contribution < 1.29 is 14.3 Å². The van der Waals surface area contributed by atoms with Gasteiger partial charge in [-0.1, -0.05) is 41.4 Å². The van der Waals surface area contributed by atoms with E-state index >= 15 is 0 Å². The maximum absolute atomic E-state index is 12.8. The van der Waals surface area contributed by atoms with Crippen LogP contribution in [0.2, 0.25) is 10.0 Å². The number of anilines is 1. The van der Waals surface area contributed by atoms with Crippen molar-refractivity contribution in [2.45, 2.75) is 19.3 Å². The van der Waals surface area contributed by atoms with Gasteiger partial charge in [0.05, 0.1) is 11.1 Å². The highest BCUT2D eigenvalue weighted by Crippen LogP contribution is 2.30. The highest BCUT2D eigenvalue weighted by Gasteiger charge is 2.25. The monoisotopic (exact) mass is 414 g/mol. The van der Waals surface area contributed by atoms with Crippen molar-refractivity contribution in [3.8, 4) is 0 Å². The van der Waals surface area contributed by atoms with Crippen LogP contribution in [0.4, 0.5) is 5.69 Å². The van der Waals surface area contributed by atoms with Crippen molar-refractivity contribution in [2.75, 3.05) is 11.9 Å². The van der Waals surface area contributed by atoms with Crippen LogP contribution in [-0.2, 0) is 22.4 Å². The minimum absolute atomic E-state index is 0.401. The lowest BCUT2D eigenvalue weighted by Crippen LogP contribution is -2.21. The molecular formula is C21H16Cl2N2O3. The number of halogens is 2. The third-order valence-electron chi connectivity index (χ3n) is 4.60. The number of amides is 1. The largest absolute Gasteiger partial charge is 0.452 e. The number of hydrogen-bond acceptors (Lipinski definition) is 4. The summed E-state index contributed by atoms with van der Waals surface area (Å²) in [5.74, 6) is -0.988. The number of para-hydroxylation sites is 1. The molecule has 0 radical (unpaired) electrons. The van der Waals surface area contributed by atoms with Crippen LogP contribution in [0.3, 0.4) is 0 Å². The van der Waals surface area contributed by atoms with Crippen LogP contribution >= 0.6 is 23.2 Å². The fourth-order valence-corrected chi connectivity index (χ4v) is 4.00. The van der Waals surface area contributed by atoms with E-state index in [1.165, 1.54) is 0 Å². The molecule has 0 spiro atoms. The summed E-state index contributed by atoms with van der Waals surface area (Å²) in [6.07, 6.45) is 2.58. The molecule has 7 heteroatoms. The van der Waals surface area contributed by atoms with Gasteiger partial charge in [0, 0.05) is 26.8 Å². The average Bonchev–Trinajstić information content (AvgIpc) is 3.11. The van der Waals surface area contributed by atoms with E-state index in [0.29, 0.717) is 21.3 Å². The number of benzene rings is 2. The Balaban J connectivity index is 1.52. The number of ether oxygens (including phenoxy) is 1. The quantitative estimate of drug-likeness (QED) is 0.620. The molecule has 2 aromatic carbocycles. The van der Waals surface area contributed by atoms with Crippen molar-refractivity contribution in [1.82, 2.24) is 4.98 Å². The Morgan fingerprint density at radius 2 is 1.82 bits per heavy atom. The van der Waals surface area contributed by atoms with Gasteiger partial charge in [0.15, 0.2) is 6.61 Å². The molecule has 1 aliphatic carbocycles. The standard InChI is InChI=1S/C21H16Cl2N2O3/c22-12-8-13(23)10-14(9-12)24-19(26)11-28-21(27)20-15-4-1-2-6-17(15)25-18-7-3-5-16(18)20/h1-2,4,6,8-10H,3,5,7,11H2,(H,24,26). The van der Waals surface area contributed by atoms with Gasteiger partial charge in [-0.2, -0.15) is 0 Å². The molecule has 0 saturated heterocycles. The number of aromatic nitrogens is 1. The van der Waals surface area contributed by atoms with Crippen molar-refractivity contribution >= 4 is 51.7 Å². The molecule has 0 bridgehead atoms. The first-order valence-electron chi connectivity index (χ1n) is 8.85. The Bertz CT molecular complexity index is 1080. The van der Waals surface area contributed by atoms with Crippen LogP contribution in [-0.4, -0.2) is 23.5 Å². The van der Waals surface area contributed by atoms with Crippen molar-refractivity contribution in [3.05, 3.63) is 69.3 Å². The summed E-state index contributed by atoms with van der Waals surface area (Å²) in [5.41, 5.74) is 3.56. The summed E-state index contributed by atoms with van der Waals surface area (Å²) in [5, 5.41) is 4.17. The van der Waals surface area contributed by atoms with Gasteiger partial charge >= 0.3 is 5.97 Å². The van der Waals surface area contributed by atoms with Crippen molar-refractivity contribution in [3.63, 3.8) is 0 Å². The fraction of sp³-hybridized carbons (Fsp3) is 0.190. The minimum Gasteiger partial charge on any atom is -0.452 e. The lowest BCUT2D eigenvalue weighted by molar-refractivity contribution is -0.119. The fourth-order valence-electron chi connectivity index (χ4n) is 3.47. The van der Waals surface area contributed by atoms with Gasteiger partial charge in [-0.25, -0.2) is 4.79 Å². The van der Waals surface area contributed by atoms with Gasteiger partial charge in [-0.05, 0) is 49.1 Å². The number of rotatable bonds is 4. The second-order valence-corrected chi connectivity index (χ2v) is 7.44. The molecule has 1 N–H and O–H groups in total. The van der Waals surface area contributed by atoms with E-state index in [4.69, 9.17) is 27.9 Å². The van der Waals surface area contributed by atoms with Crippen molar-refractivity contribution in [1.29, 1.82) is 0 Å². The molecule has 0 unspecified atom stereocenters. The molecule has 3 aromatic rings. The number of aryl methyl sites for hydroxylation is 1.